The summed E-state index contributed by atoms with van der Waals surface area (Å²) >= 11 is 0. The van der Waals surface area contributed by atoms with E-state index in [2.05, 4.69) is 45.1 Å². The first-order chi connectivity index (χ1) is 10.2. The van der Waals surface area contributed by atoms with Crippen molar-refractivity contribution < 1.29 is 9.53 Å². The third-order valence-electron chi connectivity index (χ3n) is 4.29. The lowest BCUT2D eigenvalue weighted by Gasteiger charge is -2.34. The zero-order valence-electron chi connectivity index (χ0n) is 14.3. The average Bonchev–Trinajstić information content (AvgIpc) is 2.44. The fourth-order valence-corrected chi connectivity index (χ4v) is 2.90. The zero-order valence-corrected chi connectivity index (χ0v) is 14.3. The molecule has 0 radical (unpaired) electrons. The predicted octanol–water partition coefficient (Wildman–Crippen LogP) is 3.25. The highest BCUT2D eigenvalue weighted by Crippen LogP contribution is 2.42. The van der Waals surface area contributed by atoms with Gasteiger partial charge in [0.1, 0.15) is 5.75 Å². The molecule has 1 aromatic carbocycles. The van der Waals surface area contributed by atoms with E-state index in [9.17, 15) is 4.79 Å². The molecule has 1 heterocycles. The Labute approximate surface area is 133 Å². The molecule has 3 N–H and O–H groups in total. The van der Waals surface area contributed by atoms with Gasteiger partial charge in [0.05, 0.1) is 12.6 Å². The van der Waals surface area contributed by atoms with Crippen molar-refractivity contribution in [2.45, 2.75) is 59.5 Å². The van der Waals surface area contributed by atoms with Crippen molar-refractivity contribution >= 4 is 5.91 Å². The fourth-order valence-electron chi connectivity index (χ4n) is 2.90. The number of carbonyl (C=O) groups excluding carboxylic acids is 1. The van der Waals surface area contributed by atoms with Crippen molar-refractivity contribution in [1.82, 2.24) is 5.32 Å². The Morgan fingerprint density at radius 2 is 2.14 bits per heavy atom. The Bertz CT molecular complexity index is 561. The van der Waals surface area contributed by atoms with Gasteiger partial charge in [-0.15, -0.1) is 0 Å². The number of aryl methyl sites for hydroxylation is 1. The molecule has 22 heavy (non-hydrogen) atoms. The van der Waals surface area contributed by atoms with Crippen LogP contribution in [0.5, 0.6) is 5.75 Å². The number of carbonyl (C=O) groups is 1. The summed E-state index contributed by atoms with van der Waals surface area (Å²) in [5.74, 6) is 0.853. The minimum Gasteiger partial charge on any atom is -0.493 e. The number of benzene rings is 1. The minimum atomic E-state index is -0.108. The van der Waals surface area contributed by atoms with Gasteiger partial charge in [-0.3, -0.25) is 4.79 Å². The Morgan fingerprint density at radius 1 is 1.45 bits per heavy atom. The van der Waals surface area contributed by atoms with E-state index in [1.807, 2.05) is 0 Å². The summed E-state index contributed by atoms with van der Waals surface area (Å²) in [6.45, 7) is 10.7. The first-order valence-electron chi connectivity index (χ1n) is 8.06. The molecule has 2 atom stereocenters. The smallest absolute Gasteiger partial charge is 0.217 e. The molecule has 4 heteroatoms. The van der Waals surface area contributed by atoms with Crippen molar-refractivity contribution in [3.63, 3.8) is 0 Å². The molecule has 0 saturated heterocycles. The van der Waals surface area contributed by atoms with Crippen molar-refractivity contribution in [3.05, 3.63) is 28.8 Å². The number of nitrogens with two attached hydrogens (primary N) is 1. The SMILES string of the molecule is CCc1cc2c(c(C(N)C(C)(C)C)c1)OCCC2NC(C)=O. The zero-order chi connectivity index (χ0) is 16.5. The maximum Gasteiger partial charge on any atom is 0.217 e. The summed E-state index contributed by atoms with van der Waals surface area (Å²) < 4.78 is 5.95. The lowest BCUT2D eigenvalue weighted by Crippen LogP contribution is -2.33. The Morgan fingerprint density at radius 3 is 2.68 bits per heavy atom. The number of rotatable bonds is 3. The summed E-state index contributed by atoms with van der Waals surface area (Å²) in [5, 5.41) is 3.03. The molecule has 1 amide bonds. The quantitative estimate of drug-likeness (QED) is 0.901. The molecule has 0 aliphatic carbocycles. The Balaban J connectivity index is 2.54. The van der Waals surface area contributed by atoms with Gasteiger partial charge in [-0.1, -0.05) is 39.8 Å². The van der Waals surface area contributed by atoms with Crippen molar-refractivity contribution in [3.8, 4) is 5.75 Å². The number of hydrogen-bond acceptors (Lipinski definition) is 3. The first-order valence-corrected chi connectivity index (χ1v) is 8.06. The maximum atomic E-state index is 11.5. The molecule has 2 rings (SSSR count). The summed E-state index contributed by atoms with van der Waals surface area (Å²) in [4.78, 5) is 11.5. The molecule has 0 fully saturated rings. The van der Waals surface area contributed by atoms with Crippen LogP contribution in [-0.4, -0.2) is 12.5 Å². The topological polar surface area (TPSA) is 64.3 Å². The van der Waals surface area contributed by atoms with Crippen LogP contribution in [0.1, 0.15) is 69.8 Å². The van der Waals surface area contributed by atoms with Gasteiger partial charge in [-0.25, -0.2) is 0 Å². The summed E-state index contributed by atoms with van der Waals surface area (Å²) in [6.07, 6.45) is 1.73. The highest BCUT2D eigenvalue weighted by Gasteiger charge is 2.31. The van der Waals surface area contributed by atoms with Gasteiger partial charge >= 0.3 is 0 Å². The van der Waals surface area contributed by atoms with Crippen LogP contribution in [0.4, 0.5) is 0 Å². The van der Waals surface area contributed by atoms with Crippen molar-refractivity contribution in [2.24, 2.45) is 11.1 Å². The van der Waals surface area contributed by atoms with Gasteiger partial charge in [0.25, 0.3) is 0 Å². The van der Waals surface area contributed by atoms with Crippen LogP contribution in [0.15, 0.2) is 12.1 Å². The van der Waals surface area contributed by atoms with E-state index in [1.165, 1.54) is 5.56 Å². The van der Waals surface area contributed by atoms with Gasteiger partial charge in [0.15, 0.2) is 0 Å². The van der Waals surface area contributed by atoms with Crippen molar-refractivity contribution in [2.75, 3.05) is 6.61 Å². The van der Waals surface area contributed by atoms with Crippen LogP contribution < -0.4 is 15.8 Å². The molecule has 2 unspecified atom stereocenters. The molecule has 1 aliphatic heterocycles. The Hall–Kier alpha value is -1.55. The van der Waals surface area contributed by atoms with E-state index in [-0.39, 0.29) is 23.4 Å². The van der Waals surface area contributed by atoms with E-state index in [0.29, 0.717) is 6.61 Å². The van der Waals surface area contributed by atoms with Crippen LogP contribution in [0.3, 0.4) is 0 Å². The normalized spacial score (nSPS) is 19.1. The molecular weight excluding hydrogens is 276 g/mol. The largest absolute Gasteiger partial charge is 0.493 e. The maximum absolute atomic E-state index is 11.5. The van der Waals surface area contributed by atoms with Crippen molar-refractivity contribution in [1.29, 1.82) is 0 Å². The predicted molar refractivity (Wildman–Crippen MR) is 88.9 cm³/mol. The highest BCUT2D eigenvalue weighted by atomic mass is 16.5. The second-order valence-corrected chi connectivity index (χ2v) is 7.19. The van der Waals surface area contributed by atoms with Crippen LogP contribution in [0, 0.1) is 5.41 Å². The molecule has 0 saturated carbocycles. The number of fused-ring (bicyclic) bond motifs is 1. The lowest BCUT2D eigenvalue weighted by atomic mass is 9.80. The van der Waals surface area contributed by atoms with Gasteiger partial charge in [0.2, 0.25) is 5.91 Å². The van der Waals surface area contributed by atoms with Gasteiger partial charge < -0.3 is 15.8 Å². The van der Waals surface area contributed by atoms with E-state index in [0.717, 1.165) is 29.7 Å². The third-order valence-corrected chi connectivity index (χ3v) is 4.29. The molecular formula is C18H28N2O2. The number of hydrogen-bond donors (Lipinski definition) is 2. The Kier molecular flexibility index (Phi) is 4.81. The van der Waals surface area contributed by atoms with E-state index < -0.39 is 0 Å². The number of nitrogens with one attached hydrogen (secondary N) is 1. The highest BCUT2D eigenvalue weighted by molar-refractivity contribution is 5.73. The molecule has 4 nitrogen and oxygen atoms in total. The lowest BCUT2D eigenvalue weighted by molar-refractivity contribution is -0.119. The second kappa shape index (κ2) is 6.29. The second-order valence-electron chi connectivity index (χ2n) is 7.19. The molecule has 0 bridgehead atoms. The van der Waals surface area contributed by atoms with E-state index in [1.54, 1.807) is 6.92 Å². The number of ether oxygens (including phenoxy) is 1. The minimum absolute atomic E-state index is 0.0126. The van der Waals surface area contributed by atoms with Gasteiger partial charge in [-0.2, -0.15) is 0 Å². The fraction of sp³-hybridized carbons (Fsp3) is 0.611. The monoisotopic (exact) mass is 304 g/mol. The van der Waals surface area contributed by atoms with Gasteiger partial charge in [0, 0.05) is 30.5 Å². The van der Waals surface area contributed by atoms with Gasteiger partial charge in [-0.05, 0) is 17.4 Å². The standard InChI is InChI=1S/C18H28N2O2/c1-6-12-9-13-15(20-11(2)21)7-8-22-16(13)14(10-12)17(19)18(3,4)5/h9-10,15,17H,6-8,19H2,1-5H3,(H,20,21). The van der Waals surface area contributed by atoms with Crippen LogP contribution >= 0.6 is 0 Å². The van der Waals surface area contributed by atoms with Crippen LogP contribution in [0.2, 0.25) is 0 Å². The van der Waals surface area contributed by atoms with Crippen LogP contribution in [0.25, 0.3) is 0 Å². The molecule has 1 aromatic rings. The molecule has 0 spiro atoms. The van der Waals surface area contributed by atoms with E-state index >= 15 is 0 Å². The summed E-state index contributed by atoms with van der Waals surface area (Å²) in [5.41, 5.74) is 9.80. The molecule has 122 valence electrons. The third kappa shape index (κ3) is 3.43. The summed E-state index contributed by atoms with van der Waals surface area (Å²) in [7, 11) is 0. The number of amides is 1. The van der Waals surface area contributed by atoms with E-state index in [4.69, 9.17) is 10.5 Å². The first kappa shape index (κ1) is 16.8. The molecule has 1 aliphatic rings. The molecule has 0 aromatic heterocycles. The van der Waals surface area contributed by atoms with Crippen LogP contribution in [-0.2, 0) is 11.2 Å². The average molecular weight is 304 g/mol. The summed E-state index contributed by atoms with van der Waals surface area (Å²) in [6, 6.07) is 4.21.